The molecule has 0 spiro atoms. The molecule has 0 bridgehead atoms. The molecule has 0 aliphatic rings. The summed E-state index contributed by atoms with van der Waals surface area (Å²) in [6.45, 7) is 4.24. The third-order valence-electron chi connectivity index (χ3n) is 5.57. The van der Waals surface area contributed by atoms with E-state index in [9.17, 15) is 0 Å². The highest BCUT2D eigenvalue weighted by Crippen LogP contribution is 2.33. The predicted octanol–water partition coefficient (Wildman–Crippen LogP) is 4.90. The van der Waals surface area contributed by atoms with E-state index in [-0.39, 0.29) is 6.61 Å². The smallest absolute Gasteiger partial charge is 0.192 e. The molecular formula is C24H21ClN6O2. The maximum absolute atomic E-state index is 6.13. The molecule has 0 amide bonds. The molecule has 0 aliphatic carbocycles. The first kappa shape index (κ1) is 21.0. The average molecular weight is 461 g/mol. The van der Waals surface area contributed by atoms with Crippen LogP contribution >= 0.6 is 11.6 Å². The van der Waals surface area contributed by atoms with Crippen molar-refractivity contribution in [2.45, 2.75) is 20.5 Å². The van der Waals surface area contributed by atoms with Gasteiger partial charge in [-0.2, -0.15) is 0 Å². The minimum absolute atomic E-state index is 0.120. The van der Waals surface area contributed by atoms with E-state index in [2.05, 4.69) is 33.7 Å². The number of hydrogen-bond acceptors (Lipinski definition) is 6. The second-order valence-corrected chi connectivity index (χ2v) is 7.89. The molecule has 3 heterocycles. The van der Waals surface area contributed by atoms with Crippen LogP contribution in [-0.2, 0) is 11.4 Å². The van der Waals surface area contributed by atoms with Gasteiger partial charge in [0, 0.05) is 16.3 Å². The third-order valence-corrected chi connectivity index (χ3v) is 5.91. The molecule has 0 N–H and O–H groups in total. The van der Waals surface area contributed by atoms with Crippen LogP contribution in [0.25, 0.3) is 22.4 Å². The Morgan fingerprint density at radius 1 is 1.06 bits per heavy atom. The molecule has 9 heteroatoms. The SMILES string of the molecule is COc1ccccc1-n1c(C)c(C)c2c1ncn1nc(CON=Cc3ccccc3Cl)nc21. The molecule has 0 fully saturated rings. The Labute approximate surface area is 195 Å². The number of nitrogens with zero attached hydrogens (tertiary/aromatic N) is 6. The van der Waals surface area contributed by atoms with Gasteiger partial charge in [-0.15, -0.1) is 5.10 Å². The fourth-order valence-corrected chi connectivity index (χ4v) is 4.03. The van der Waals surface area contributed by atoms with Crippen LogP contribution in [-0.4, -0.2) is 37.5 Å². The fraction of sp³-hybridized carbons (Fsp3) is 0.167. The van der Waals surface area contributed by atoms with Gasteiger partial charge in [0.25, 0.3) is 0 Å². The van der Waals surface area contributed by atoms with Crippen LogP contribution in [0.4, 0.5) is 0 Å². The Morgan fingerprint density at radius 3 is 2.67 bits per heavy atom. The molecule has 3 aromatic heterocycles. The number of methoxy groups -OCH3 is 1. The second kappa shape index (κ2) is 8.55. The number of halogens is 1. The molecule has 0 aliphatic heterocycles. The van der Waals surface area contributed by atoms with Crippen molar-refractivity contribution in [1.82, 2.24) is 24.1 Å². The Morgan fingerprint density at radius 2 is 1.85 bits per heavy atom. The maximum Gasteiger partial charge on any atom is 0.192 e. The highest BCUT2D eigenvalue weighted by molar-refractivity contribution is 6.33. The highest BCUT2D eigenvalue weighted by Gasteiger charge is 2.20. The van der Waals surface area contributed by atoms with Crippen molar-refractivity contribution in [2.24, 2.45) is 5.16 Å². The Hall–Kier alpha value is -3.91. The van der Waals surface area contributed by atoms with Crippen LogP contribution < -0.4 is 4.74 Å². The molecule has 5 rings (SSSR count). The Kier molecular flexibility index (Phi) is 5.43. The van der Waals surface area contributed by atoms with Crippen molar-refractivity contribution in [1.29, 1.82) is 0 Å². The van der Waals surface area contributed by atoms with Gasteiger partial charge in [0.1, 0.15) is 12.1 Å². The van der Waals surface area contributed by atoms with Gasteiger partial charge in [-0.05, 0) is 37.6 Å². The molecule has 0 saturated heterocycles. The van der Waals surface area contributed by atoms with E-state index in [4.69, 9.17) is 26.2 Å². The van der Waals surface area contributed by atoms with Crippen LogP contribution in [0.2, 0.25) is 5.02 Å². The van der Waals surface area contributed by atoms with E-state index in [1.54, 1.807) is 30.2 Å². The lowest BCUT2D eigenvalue weighted by Gasteiger charge is -2.12. The van der Waals surface area contributed by atoms with Gasteiger partial charge in [-0.1, -0.05) is 47.1 Å². The number of oxime groups is 1. The van der Waals surface area contributed by atoms with Crippen molar-refractivity contribution >= 4 is 34.5 Å². The molecular weight excluding hydrogens is 440 g/mol. The Balaban J connectivity index is 1.50. The van der Waals surface area contributed by atoms with Gasteiger partial charge in [0.15, 0.2) is 23.7 Å². The summed E-state index contributed by atoms with van der Waals surface area (Å²) in [5, 5.41) is 10.0. The summed E-state index contributed by atoms with van der Waals surface area (Å²) in [5.41, 5.74) is 5.33. The lowest BCUT2D eigenvalue weighted by Crippen LogP contribution is -2.01. The zero-order valence-corrected chi connectivity index (χ0v) is 19.1. The molecule has 0 unspecified atom stereocenters. The van der Waals surface area contributed by atoms with E-state index >= 15 is 0 Å². The molecule has 0 radical (unpaired) electrons. The standard InChI is InChI=1S/C24H21ClN6O2/c1-15-16(2)31(19-10-6-7-11-20(19)32-3)23-22(15)24-28-21(29-30(24)14-26-23)13-33-27-12-17-8-4-5-9-18(17)25/h4-12,14H,13H2,1-3H3. The molecule has 0 atom stereocenters. The number of aryl methyl sites for hydroxylation is 1. The van der Waals surface area contributed by atoms with Crippen molar-refractivity contribution in [3.8, 4) is 11.4 Å². The number of benzene rings is 2. The van der Waals surface area contributed by atoms with Crippen molar-refractivity contribution < 1.29 is 9.57 Å². The van der Waals surface area contributed by atoms with Crippen molar-refractivity contribution in [3.05, 3.63) is 82.5 Å². The first-order valence-corrected chi connectivity index (χ1v) is 10.7. The monoisotopic (exact) mass is 460 g/mol. The second-order valence-electron chi connectivity index (χ2n) is 7.49. The summed E-state index contributed by atoms with van der Waals surface area (Å²) >= 11 is 6.13. The first-order valence-electron chi connectivity index (χ1n) is 10.3. The summed E-state index contributed by atoms with van der Waals surface area (Å²) < 4.78 is 9.33. The quantitative estimate of drug-likeness (QED) is 0.266. The Bertz CT molecular complexity index is 1500. The largest absolute Gasteiger partial charge is 0.495 e. The molecule has 8 nitrogen and oxygen atoms in total. The third kappa shape index (κ3) is 3.68. The number of rotatable bonds is 6. The average Bonchev–Trinajstić information content (AvgIpc) is 3.36. The number of aromatic nitrogens is 5. The summed E-state index contributed by atoms with van der Waals surface area (Å²) in [6, 6.07) is 15.3. The summed E-state index contributed by atoms with van der Waals surface area (Å²) in [5.74, 6) is 1.27. The number of fused-ring (bicyclic) bond motifs is 3. The molecule has 5 aromatic rings. The van der Waals surface area contributed by atoms with Gasteiger partial charge >= 0.3 is 0 Å². The first-order chi connectivity index (χ1) is 16.1. The zero-order valence-electron chi connectivity index (χ0n) is 18.4. The van der Waals surface area contributed by atoms with E-state index < -0.39 is 0 Å². The summed E-state index contributed by atoms with van der Waals surface area (Å²) in [4.78, 5) is 14.8. The van der Waals surface area contributed by atoms with Gasteiger partial charge in [-0.25, -0.2) is 14.5 Å². The van der Waals surface area contributed by atoms with Crippen LogP contribution in [0.1, 0.15) is 22.6 Å². The molecule has 166 valence electrons. The molecule has 33 heavy (non-hydrogen) atoms. The summed E-state index contributed by atoms with van der Waals surface area (Å²) in [6.07, 6.45) is 3.23. The zero-order chi connectivity index (χ0) is 22.9. The maximum atomic E-state index is 6.13. The van der Waals surface area contributed by atoms with E-state index in [1.807, 2.05) is 42.5 Å². The number of hydrogen-bond donors (Lipinski definition) is 0. The fourth-order valence-electron chi connectivity index (χ4n) is 3.84. The lowest BCUT2D eigenvalue weighted by molar-refractivity contribution is 0.126. The normalized spacial score (nSPS) is 11.6. The van der Waals surface area contributed by atoms with Crippen molar-refractivity contribution in [2.75, 3.05) is 7.11 Å². The van der Waals surface area contributed by atoms with E-state index in [1.165, 1.54) is 0 Å². The van der Waals surface area contributed by atoms with E-state index in [0.29, 0.717) is 16.5 Å². The predicted molar refractivity (Wildman–Crippen MR) is 127 cm³/mol. The van der Waals surface area contributed by atoms with Crippen LogP contribution in [0, 0.1) is 13.8 Å². The highest BCUT2D eigenvalue weighted by atomic mass is 35.5. The van der Waals surface area contributed by atoms with Gasteiger partial charge in [0.05, 0.1) is 24.4 Å². The van der Waals surface area contributed by atoms with Crippen molar-refractivity contribution in [3.63, 3.8) is 0 Å². The topological polar surface area (TPSA) is 78.8 Å². The number of ether oxygens (including phenoxy) is 1. The number of para-hydroxylation sites is 2. The van der Waals surface area contributed by atoms with Gasteiger partial charge in [-0.3, -0.25) is 4.57 Å². The van der Waals surface area contributed by atoms with E-state index in [0.717, 1.165) is 39.3 Å². The van der Waals surface area contributed by atoms with Crippen LogP contribution in [0.15, 0.2) is 60.0 Å². The molecule has 2 aromatic carbocycles. The van der Waals surface area contributed by atoms with Gasteiger partial charge in [0.2, 0.25) is 0 Å². The summed E-state index contributed by atoms with van der Waals surface area (Å²) in [7, 11) is 1.66. The van der Waals surface area contributed by atoms with Crippen LogP contribution in [0.5, 0.6) is 5.75 Å². The van der Waals surface area contributed by atoms with Gasteiger partial charge < -0.3 is 9.57 Å². The minimum atomic E-state index is 0.120. The van der Waals surface area contributed by atoms with Crippen LogP contribution in [0.3, 0.4) is 0 Å². The minimum Gasteiger partial charge on any atom is -0.495 e. The molecule has 0 saturated carbocycles. The lowest BCUT2D eigenvalue weighted by atomic mass is 10.2.